The van der Waals surface area contributed by atoms with Gasteiger partial charge in [0.25, 0.3) is 0 Å². The first-order chi connectivity index (χ1) is 5.68. The fourth-order valence-electron chi connectivity index (χ4n) is 0.958. The van der Waals surface area contributed by atoms with Crippen molar-refractivity contribution in [3.63, 3.8) is 0 Å². The molecule has 0 aliphatic carbocycles. The highest BCUT2D eigenvalue weighted by atomic mass is 32.1. The highest BCUT2D eigenvalue weighted by Crippen LogP contribution is 2.20. The largest absolute Gasteiger partial charge is 0.312 e. The van der Waals surface area contributed by atoms with Gasteiger partial charge in [0.05, 0.1) is 10.2 Å². The molecule has 2 nitrogen and oxygen atoms in total. The van der Waals surface area contributed by atoms with Crippen molar-refractivity contribution >= 4 is 21.6 Å². The summed E-state index contributed by atoms with van der Waals surface area (Å²) < 4.78 is 25.5. The van der Waals surface area contributed by atoms with E-state index in [4.69, 9.17) is 0 Å². The zero-order valence-corrected chi connectivity index (χ0v) is 6.54. The molecule has 1 aromatic heterocycles. The molecule has 0 spiro atoms. The SMILES string of the molecule is O=c1[nH]c2ccc(F)c(F)c2s1. The van der Waals surface area contributed by atoms with Gasteiger partial charge in [-0.05, 0) is 12.1 Å². The minimum atomic E-state index is -0.962. The molecule has 0 fully saturated rings. The average Bonchev–Trinajstić information content (AvgIpc) is 2.39. The molecule has 1 heterocycles. The molecule has 0 unspecified atom stereocenters. The summed E-state index contributed by atoms with van der Waals surface area (Å²) in [6.45, 7) is 0. The Hall–Kier alpha value is -1.23. The summed E-state index contributed by atoms with van der Waals surface area (Å²) in [6.07, 6.45) is 0. The number of nitrogens with one attached hydrogen (secondary N) is 1. The summed E-state index contributed by atoms with van der Waals surface area (Å²) in [5.74, 6) is -1.89. The molecule has 2 aromatic rings. The van der Waals surface area contributed by atoms with Crippen molar-refractivity contribution in [2.24, 2.45) is 0 Å². The van der Waals surface area contributed by atoms with Crippen molar-refractivity contribution in [1.29, 1.82) is 0 Å². The van der Waals surface area contributed by atoms with Crippen LogP contribution in [-0.2, 0) is 0 Å². The maximum atomic E-state index is 12.9. The van der Waals surface area contributed by atoms with Crippen molar-refractivity contribution in [1.82, 2.24) is 4.98 Å². The minimum absolute atomic E-state index is 0.0417. The van der Waals surface area contributed by atoms with Crippen molar-refractivity contribution in [3.8, 4) is 0 Å². The van der Waals surface area contributed by atoms with E-state index in [1.165, 1.54) is 6.07 Å². The van der Waals surface area contributed by atoms with Crippen LogP contribution in [0.5, 0.6) is 0 Å². The van der Waals surface area contributed by atoms with Gasteiger partial charge in [0.2, 0.25) is 0 Å². The number of fused-ring (bicyclic) bond motifs is 1. The molecule has 1 aromatic carbocycles. The second-order valence-electron chi connectivity index (χ2n) is 2.25. The number of benzene rings is 1. The van der Waals surface area contributed by atoms with Crippen LogP contribution in [-0.4, -0.2) is 4.98 Å². The molecule has 0 aliphatic heterocycles. The number of halogens is 2. The topological polar surface area (TPSA) is 32.9 Å². The number of aromatic nitrogens is 1. The van der Waals surface area contributed by atoms with Crippen LogP contribution < -0.4 is 4.87 Å². The van der Waals surface area contributed by atoms with Crippen LogP contribution in [0.2, 0.25) is 0 Å². The zero-order valence-electron chi connectivity index (χ0n) is 5.73. The second-order valence-corrected chi connectivity index (χ2v) is 3.24. The molecule has 1 N–H and O–H groups in total. The zero-order chi connectivity index (χ0) is 8.72. The van der Waals surface area contributed by atoms with Gasteiger partial charge in [0.15, 0.2) is 11.6 Å². The standard InChI is InChI=1S/C7H3F2NOS/c8-3-1-2-4-6(5(3)9)12-7(11)10-4/h1-2H,(H,10,11). The number of rotatable bonds is 0. The first kappa shape index (κ1) is 7.42. The lowest BCUT2D eigenvalue weighted by atomic mass is 10.3. The summed E-state index contributed by atoms with van der Waals surface area (Å²) in [5.41, 5.74) is 0.337. The van der Waals surface area contributed by atoms with Crippen LogP contribution in [0.3, 0.4) is 0 Å². The van der Waals surface area contributed by atoms with Gasteiger partial charge in [-0.1, -0.05) is 11.3 Å². The fraction of sp³-hybridized carbons (Fsp3) is 0. The van der Waals surface area contributed by atoms with E-state index in [9.17, 15) is 13.6 Å². The molecule has 2 rings (SSSR count). The predicted molar refractivity (Wildman–Crippen MR) is 42.4 cm³/mol. The van der Waals surface area contributed by atoms with Crippen molar-refractivity contribution in [2.45, 2.75) is 0 Å². The van der Waals surface area contributed by atoms with Gasteiger partial charge in [-0.3, -0.25) is 4.79 Å². The number of H-pyrrole nitrogens is 1. The van der Waals surface area contributed by atoms with E-state index in [0.717, 1.165) is 6.07 Å². The van der Waals surface area contributed by atoms with E-state index in [-0.39, 0.29) is 9.57 Å². The van der Waals surface area contributed by atoms with E-state index in [2.05, 4.69) is 4.98 Å². The van der Waals surface area contributed by atoms with Crippen LogP contribution in [0.15, 0.2) is 16.9 Å². The van der Waals surface area contributed by atoms with E-state index in [1.54, 1.807) is 0 Å². The lowest BCUT2D eigenvalue weighted by Crippen LogP contribution is -1.89. The Bertz CT molecular complexity index is 488. The Morgan fingerprint density at radius 3 is 2.83 bits per heavy atom. The Kier molecular flexibility index (Phi) is 1.47. The second kappa shape index (κ2) is 2.38. The predicted octanol–water partition coefficient (Wildman–Crippen LogP) is 1.87. The molecule has 0 atom stereocenters. The van der Waals surface area contributed by atoms with Crippen molar-refractivity contribution in [3.05, 3.63) is 33.4 Å². The summed E-state index contributed by atoms with van der Waals surface area (Å²) in [6, 6.07) is 2.33. The smallest absolute Gasteiger partial charge is 0.305 e. The first-order valence-corrected chi connectivity index (χ1v) is 3.97. The monoisotopic (exact) mass is 187 g/mol. The molecule has 0 bridgehead atoms. The van der Waals surface area contributed by atoms with Crippen LogP contribution in [0, 0.1) is 11.6 Å². The lowest BCUT2D eigenvalue weighted by molar-refractivity contribution is 0.518. The normalized spacial score (nSPS) is 10.8. The number of hydrogen-bond donors (Lipinski definition) is 1. The van der Waals surface area contributed by atoms with Crippen molar-refractivity contribution in [2.75, 3.05) is 0 Å². The third kappa shape index (κ3) is 0.937. The van der Waals surface area contributed by atoms with Gasteiger partial charge in [0, 0.05) is 0 Å². The third-order valence-electron chi connectivity index (χ3n) is 1.48. The Morgan fingerprint density at radius 1 is 1.33 bits per heavy atom. The summed E-state index contributed by atoms with van der Waals surface area (Å²) in [7, 11) is 0. The Morgan fingerprint density at radius 2 is 2.08 bits per heavy atom. The summed E-state index contributed by atoms with van der Waals surface area (Å²) in [4.78, 5) is 12.7. The molecule has 0 saturated carbocycles. The third-order valence-corrected chi connectivity index (χ3v) is 2.37. The molecule has 12 heavy (non-hydrogen) atoms. The Balaban J connectivity index is 2.99. The first-order valence-electron chi connectivity index (χ1n) is 3.15. The molecule has 0 radical (unpaired) electrons. The number of thiazole rings is 1. The van der Waals surface area contributed by atoms with Gasteiger partial charge < -0.3 is 4.98 Å². The maximum Gasteiger partial charge on any atom is 0.305 e. The molecule has 0 amide bonds. The molecular weight excluding hydrogens is 184 g/mol. The van der Waals surface area contributed by atoms with Crippen LogP contribution in [0.4, 0.5) is 8.78 Å². The average molecular weight is 187 g/mol. The van der Waals surface area contributed by atoms with Gasteiger partial charge in [0.1, 0.15) is 0 Å². The molecule has 0 aliphatic rings. The van der Waals surface area contributed by atoms with Gasteiger partial charge in [-0.25, -0.2) is 8.78 Å². The van der Waals surface area contributed by atoms with Crippen LogP contribution in [0.1, 0.15) is 0 Å². The molecule has 0 saturated heterocycles. The van der Waals surface area contributed by atoms with E-state index in [0.29, 0.717) is 16.9 Å². The van der Waals surface area contributed by atoms with E-state index < -0.39 is 11.6 Å². The van der Waals surface area contributed by atoms with Gasteiger partial charge >= 0.3 is 4.87 Å². The summed E-state index contributed by atoms with van der Waals surface area (Å²) >= 11 is 0.667. The van der Waals surface area contributed by atoms with Gasteiger partial charge in [-0.15, -0.1) is 0 Å². The maximum absolute atomic E-state index is 12.9. The van der Waals surface area contributed by atoms with Crippen LogP contribution >= 0.6 is 11.3 Å². The van der Waals surface area contributed by atoms with Crippen molar-refractivity contribution < 1.29 is 8.78 Å². The molecule has 5 heteroatoms. The van der Waals surface area contributed by atoms with Crippen LogP contribution in [0.25, 0.3) is 10.2 Å². The highest BCUT2D eigenvalue weighted by molar-refractivity contribution is 7.16. The lowest BCUT2D eigenvalue weighted by Gasteiger charge is -1.91. The minimum Gasteiger partial charge on any atom is -0.312 e. The quantitative estimate of drug-likeness (QED) is 0.671. The van der Waals surface area contributed by atoms with Gasteiger partial charge in [-0.2, -0.15) is 0 Å². The molecule has 62 valence electrons. The number of hydrogen-bond acceptors (Lipinski definition) is 2. The number of aromatic amines is 1. The fourth-order valence-corrected chi connectivity index (χ4v) is 1.72. The highest BCUT2D eigenvalue weighted by Gasteiger charge is 2.09. The molecular formula is C7H3F2NOS. The Labute approximate surface area is 69.5 Å². The van der Waals surface area contributed by atoms with E-state index in [1.807, 2.05) is 0 Å². The summed E-state index contributed by atoms with van der Waals surface area (Å²) in [5, 5.41) is 0. The van der Waals surface area contributed by atoms with E-state index >= 15 is 0 Å².